The molecule has 1 amide bonds. The van der Waals surface area contributed by atoms with Gasteiger partial charge in [0.2, 0.25) is 0 Å². The molecular weight excluding hydrogens is 379 g/mol. The average molecular weight is 405 g/mol. The molecule has 1 aromatic carbocycles. The Morgan fingerprint density at radius 3 is 2.45 bits per heavy atom. The zero-order valence-corrected chi connectivity index (χ0v) is 16.3. The summed E-state index contributed by atoms with van der Waals surface area (Å²) in [6.07, 6.45) is 1.10. The average Bonchev–Trinajstić information content (AvgIpc) is 2.73. The molecule has 1 aromatic heterocycles. The number of halogens is 3. The third-order valence-electron chi connectivity index (χ3n) is 5.42. The summed E-state index contributed by atoms with van der Waals surface area (Å²) in [6, 6.07) is 12.5. The first-order chi connectivity index (χ1) is 13.9. The van der Waals surface area contributed by atoms with Crippen LogP contribution in [0.1, 0.15) is 40.9 Å². The van der Waals surface area contributed by atoms with Gasteiger partial charge in [0.15, 0.2) is 0 Å². The Bertz CT molecular complexity index is 770. The minimum absolute atomic E-state index is 0.137. The summed E-state index contributed by atoms with van der Waals surface area (Å²) in [5.74, 6) is 0.336. The molecule has 0 saturated carbocycles. The molecule has 1 aliphatic rings. The van der Waals surface area contributed by atoms with Crippen molar-refractivity contribution in [3.63, 3.8) is 0 Å². The van der Waals surface area contributed by atoms with Gasteiger partial charge in [0.05, 0.1) is 5.56 Å². The fourth-order valence-corrected chi connectivity index (χ4v) is 3.64. The molecule has 1 aliphatic heterocycles. The number of amides is 1. The molecule has 2 heterocycles. The summed E-state index contributed by atoms with van der Waals surface area (Å²) in [5.41, 5.74) is 0.525. The number of aryl methyl sites for hydroxylation is 1. The number of carbonyl (C=O) groups excluding carboxylic acids is 1. The van der Waals surface area contributed by atoms with Crippen LogP contribution in [-0.4, -0.2) is 42.0 Å². The van der Waals surface area contributed by atoms with E-state index in [1.165, 1.54) is 12.0 Å². The highest BCUT2D eigenvalue weighted by atomic mass is 19.4. The predicted molar refractivity (Wildman–Crippen MR) is 105 cm³/mol. The van der Waals surface area contributed by atoms with Crippen molar-refractivity contribution < 1.29 is 18.0 Å². The summed E-state index contributed by atoms with van der Waals surface area (Å²) >= 11 is 0. The van der Waals surface area contributed by atoms with Crippen LogP contribution < -0.4 is 5.32 Å². The fourth-order valence-electron chi connectivity index (χ4n) is 3.64. The van der Waals surface area contributed by atoms with Crippen molar-refractivity contribution in [2.75, 3.05) is 26.2 Å². The third kappa shape index (κ3) is 6.56. The maximum absolute atomic E-state index is 12.5. The summed E-state index contributed by atoms with van der Waals surface area (Å²) < 4.78 is 37.6. The standard InChI is InChI=1S/C22H26F3N3O/c23-22(24,25)20-9-8-19(16-27-20)21(29)26-12-15-28-13-10-18(11-14-28)7-6-17-4-2-1-3-5-17/h1-5,8-9,16,18H,6-7,10-15H2,(H,26,29). The van der Waals surface area contributed by atoms with Crippen molar-refractivity contribution in [1.29, 1.82) is 0 Å². The van der Waals surface area contributed by atoms with E-state index >= 15 is 0 Å². The van der Waals surface area contributed by atoms with Gasteiger partial charge in [-0.15, -0.1) is 0 Å². The van der Waals surface area contributed by atoms with Crippen molar-refractivity contribution in [2.45, 2.75) is 31.9 Å². The Labute approximate surface area is 169 Å². The lowest BCUT2D eigenvalue weighted by Crippen LogP contribution is -2.39. The minimum atomic E-state index is -4.50. The lowest BCUT2D eigenvalue weighted by molar-refractivity contribution is -0.141. The van der Waals surface area contributed by atoms with Gasteiger partial charge in [-0.05, 0) is 62.4 Å². The van der Waals surface area contributed by atoms with E-state index < -0.39 is 17.8 Å². The van der Waals surface area contributed by atoms with Crippen LogP contribution in [0.3, 0.4) is 0 Å². The fraction of sp³-hybridized carbons (Fsp3) is 0.455. The highest BCUT2D eigenvalue weighted by Gasteiger charge is 2.32. The van der Waals surface area contributed by atoms with E-state index in [9.17, 15) is 18.0 Å². The molecule has 0 bridgehead atoms. The number of benzene rings is 1. The normalized spacial score (nSPS) is 16.0. The summed E-state index contributed by atoms with van der Waals surface area (Å²) in [5, 5.41) is 2.76. The van der Waals surface area contributed by atoms with Gasteiger partial charge in [-0.25, -0.2) is 0 Å². The van der Waals surface area contributed by atoms with E-state index in [1.807, 2.05) is 6.07 Å². The largest absolute Gasteiger partial charge is 0.433 e. The van der Waals surface area contributed by atoms with E-state index in [4.69, 9.17) is 0 Å². The summed E-state index contributed by atoms with van der Waals surface area (Å²) in [7, 11) is 0. The first-order valence-corrected chi connectivity index (χ1v) is 9.99. The molecule has 0 atom stereocenters. The molecule has 0 aliphatic carbocycles. The van der Waals surface area contributed by atoms with Gasteiger partial charge < -0.3 is 10.2 Å². The van der Waals surface area contributed by atoms with E-state index in [0.29, 0.717) is 6.54 Å². The van der Waals surface area contributed by atoms with E-state index in [1.54, 1.807) is 0 Å². The number of carbonyl (C=O) groups is 1. The van der Waals surface area contributed by atoms with Crippen LogP contribution in [-0.2, 0) is 12.6 Å². The van der Waals surface area contributed by atoms with Crippen molar-refractivity contribution in [3.8, 4) is 0 Å². The molecule has 1 saturated heterocycles. The number of rotatable bonds is 7. The van der Waals surface area contributed by atoms with Crippen LogP contribution in [0.4, 0.5) is 13.2 Å². The molecule has 29 heavy (non-hydrogen) atoms. The van der Waals surface area contributed by atoms with E-state index in [2.05, 4.69) is 39.5 Å². The number of piperidine rings is 1. The second-order valence-corrected chi connectivity index (χ2v) is 7.50. The van der Waals surface area contributed by atoms with Gasteiger partial charge in [0.25, 0.3) is 5.91 Å². The smallest absolute Gasteiger partial charge is 0.351 e. The van der Waals surface area contributed by atoms with Crippen molar-refractivity contribution in [2.24, 2.45) is 5.92 Å². The molecule has 1 fully saturated rings. The maximum atomic E-state index is 12.5. The molecule has 4 nitrogen and oxygen atoms in total. The van der Waals surface area contributed by atoms with Crippen LogP contribution in [0.5, 0.6) is 0 Å². The molecule has 7 heteroatoms. The molecule has 0 radical (unpaired) electrons. The Morgan fingerprint density at radius 1 is 1.10 bits per heavy atom. The number of pyridine rings is 1. The number of aromatic nitrogens is 1. The van der Waals surface area contributed by atoms with Crippen LogP contribution in [0.25, 0.3) is 0 Å². The van der Waals surface area contributed by atoms with Crippen LogP contribution in [0.2, 0.25) is 0 Å². The van der Waals surface area contributed by atoms with Crippen molar-refractivity contribution >= 4 is 5.91 Å². The first kappa shape index (κ1) is 21.3. The number of alkyl halides is 3. The lowest BCUT2D eigenvalue weighted by Gasteiger charge is -2.32. The summed E-state index contributed by atoms with van der Waals surface area (Å²) in [4.78, 5) is 17.7. The molecule has 0 unspecified atom stereocenters. The predicted octanol–water partition coefficient (Wildman–Crippen LogP) is 4.18. The van der Waals surface area contributed by atoms with Gasteiger partial charge in [-0.3, -0.25) is 9.78 Å². The van der Waals surface area contributed by atoms with Crippen molar-refractivity contribution in [3.05, 3.63) is 65.5 Å². The monoisotopic (exact) mass is 405 g/mol. The van der Waals surface area contributed by atoms with Gasteiger partial charge in [0, 0.05) is 19.3 Å². The Morgan fingerprint density at radius 2 is 1.83 bits per heavy atom. The topological polar surface area (TPSA) is 45.2 Å². The number of hydrogen-bond acceptors (Lipinski definition) is 3. The number of hydrogen-bond donors (Lipinski definition) is 1. The Kier molecular flexibility index (Phi) is 7.25. The Balaban J connectivity index is 1.33. The zero-order valence-electron chi connectivity index (χ0n) is 16.3. The molecular formula is C22H26F3N3O. The zero-order chi connectivity index (χ0) is 20.7. The van der Waals surface area contributed by atoms with Crippen molar-refractivity contribution in [1.82, 2.24) is 15.2 Å². The molecule has 3 rings (SSSR count). The SMILES string of the molecule is O=C(NCCN1CCC(CCc2ccccc2)CC1)c1ccc(C(F)(F)F)nc1. The highest BCUT2D eigenvalue weighted by molar-refractivity contribution is 5.93. The van der Waals surface area contributed by atoms with Gasteiger partial charge >= 0.3 is 6.18 Å². The van der Waals surface area contributed by atoms with E-state index in [0.717, 1.165) is 63.1 Å². The highest BCUT2D eigenvalue weighted by Crippen LogP contribution is 2.27. The number of nitrogens with one attached hydrogen (secondary N) is 1. The molecule has 0 spiro atoms. The van der Waals surface area contributed by atoms with Gasteiger partial charge in [0.1, 0.15) is 5.69 Å². The molecule has 1 N–H and O–H groups in total. The number of likely N-dealkylation sites (tertiary alicyclic amines) is 1. The first-order valence-electron chi connectivity index (χ1n) is 9.99. The third-order valence-corrected chi connectivity index (χ3v) is 5.42. The quantitative estimate of drug-likeness (QED) is 0.752. The molecule has 2 aromatic rings. The number of nitrogens with zero attached hydrogens (tertiary/aromatic N) is 2. The Hall–Kier alpha value is -2.41. The maximum Gasteiger partial charge on any atom is 0.433 e. The lowest BCUT2D eigenvalue weighted by atomic mass is 9.90. The van der Waals surface area contributed by atoms with E-state index in [-0.39, 0.29) is 5.56 Å². The van der Waals surface area contributed by atoms with Gasteiger partial charge in [-0.1, -0.05) is 30.3 Å². The summed E-state index contributed by atoms with van der Waals surface area (Å²) in [6.45, 7) is 3.23. The minimum Gasteiger partial charge on any atom is -0.351 e. The van der Waals surface area contributed by atoms with Crippen LogP contribution in [0, 0.1) is 5.92 Å². The second-order valence-electron chi connectivity index (χ2n) is 7.50. The second kappa shape index (κ2) is 9.87. The van der Waals surface area contributed by atoms with Crippen LogP contribution in [0.15, 0.2) is 48.7 Å². The molecule has 156 valence electrons. The van der Waals surface area contributed by atoms with Gasteiger partial charge in [-0.2, -0.15) is 13.2 Å². The van der Waals surface area contributed by atoms with Crippen LogP contribution >= 0.6 is 0 Å².